The molecule has 2 aromatic heterocycles. The van der Waals surface area contributed by atoms with E-state index in [4.69, 9.17) is 32.9 Å². The summed E-state index contributed by atoms with van der Waals surface area (Å²) >= 11 is 12.0. The molecule has 0 atom stereocenters. The van der Waals surface area contributed by atoms with E-state index in [1.807, 2.05) is 6.07 Å². The van der Waals surface area contributed by atoms with Gasteiger partial charge in [-0.15, -0.1) is 0 Å². The Kier molecular flexibility index (Phi) is 3.48. The second-order valence-electron chi connectivity index (χ2n) is 3.15. The maximum absolute atomic E-state index is 9.15. The third kappa shape index (κ3) is 2.33. The lowest BCUT2D eigenvalue weighted by atomic mass is 10.1. The summed E-state index contributed by atoms with van der Waals surface area (Å²) in [6, 6.07) is 7.13. The number of hydrogen-bond donors (Lipinski definition) is 0. The van der Waals surface area contributed by atoms with E-state index in [1.165, 1.54) is 6.26 Å². The summed E-state index contributed by atoms with van der Waals surface area (Å²) in [7, 11) is 0. The third-order valence-corrected chi connectivity index (χ3v) is 2.82. The van der Waals surface area contributed by atoms with Crippen LogP contribution in [-0.4, -0.2) is 4.98 Å². The number of nitriles is 1. The molecule has 0 bridgehead atoms. The van der Waals surface area contributed by atoms with E-state index in [0.717, 1.165) is 0 Å². The maximum Gasteiger partial charge on any atom is 0.201 e. The van der Waals surface area contributed by atoms with Gasteiger partial charge in [-0.3, -0.25) is 4.98 Å². The Morgan fingerprint density at radius 1 is 1.41 bits per heavy atom. The van der Waals surface area contributed by atoms with Gasteiger partial charge in [-0.2, -0.15) is 5.26 Å². The number of hydrogen-bond acceptors (Lipinski definition) is 3. The number of allylic oxidation sites excluding steroid dienone is 1. The van der Waals surface area contributed by atoms with Crippen LogP contribution in [0.25, 0.3) is 10.6 Å². The lowest BCUT2D eigenvalue weighted by Crippen LogP contribution is -1.86. The molecule has 3 nitrogen and oxygen atoms in total. The number of nitrogens with zero attached hydrogens (tertiary/aromatic N) is 2. The fourth-order valence-corrected chi connectivity index (χ4v) is 1.89. The van der Waals surface area contributed by atoms with E-state index in [-0.39, 0.29) is 10.3 Å². The zero-order chi connectivity index (χ0) is 12.3. The number of halogens is 2. The number of rotatable bonds is 2. The molecule has 0 saturated heterocycles. The van der Waals surface area contributed by atoms with Gasteiger partial charge in [0, 0.05) is 18.0 Å². The van der Waals surface area contributed by atoms with Crippen molar-refractivity contribution in [3.63, 3.8) is 0 Å². The summed E-state index contributed by atoms with van der Waals surface area (Å²) < 4.78 is 4.94. The zero-order valence-corrected chi connectivity index (χ0v) is 10.0. The van der Waals surface area contributed by atoms with Gasteiger partial charge in [-0.25, -0.2) is 0 Å². The Bertz CT molecular complexity index is 596. The minimum atomic E-state index is 0.159. The molecule has 0 spiro atoms. The lowest BCUT2D eigenvalue weighted by Gasteiger charge is -2.01. The SMILES string of the molecule is N#C/C(=C(/Cl)c1ccoc1Cl)c1cccnc1. The highest BCUT2D eigenvalue weighted by atomic mass is 35.5. The molecule has 0 unspecified atom stereocenters. The van der Waals surface area contributed by atoms with Gasteiger partial charge in [0.05, 0.1) is 22.4 Å². The minimum absolute atomic E-state index is 0.159. The molecule has 0 aliphatic rings. The highest BCUT2D eigenvalue weighted by Gasteiger charge is 2.14. The Morgan fingerprint density at radius 3 is 2.76 bits per heavy atom. The van der Waals surface area contributed by atoms with E-state index >= 15 is 0 Å². The van der Waals surface area contributed by atoms with E-state index in [1.54, 1.807) is 30.6 Å². The summed E-state index contributed by atoms with van der Waals surface area (Å²) in [5.74, 6) is 0. The molecular weight excluding hydrogens is 259 g/mol. The average Bonchev–Trinajstić information content (AvgIpc) is 2.77. The van der Waals surface area contributed by atoms with Gasteiger partial charge in [-0.1, -0.05) is 17.7 Å². The van der Waals surface area contributed by atoms with E-state index in [9.17, 15) is 0 Å². The molecule has 0 amide bonds. The van der Waals surface area contributed by atoms with Gasteiger partial charge in [-0.05, 0) is 23.7 Å². The van der Waals surface area contributed by atoms with E-state index in [2.05, 4.69) is 4.98 Å². The molecule has 0 fully saturated rings. The van der Waals surface area contributed by atoms with Crippen molar-refractivity contribution in [1.82, 2.24) is 4.98 Å². The molecular formula is C12H6Cl2N2O. The number of pyridine rings is 1. The van der Waals surface area contributed by atoms with Gasteiger partial charge in [0.1, 0.15) is 6.07 Å². The van der Waals surface area contributed by atoms with Crippen molar-refractivity contribution in [2.24, 2.45) is 0 Å². The van der Waals surface area contributed by atoms with Gasteiger partial charge in [0.15, 0.2) is 0 Å². The highest BCUT2D eigenvalue weighted by Crippen LogP contribution is 2.33. The van der Waals surface area contributed by atoms with Crippen LogP contribution >= 0.6 is 23.2 Å². The Morgan fingerprint density at radius 2 is 2.24 bits per heavy atom. The molecule has 0 aliphatic heterocycles. The molecule has 17 heavy (non-hydrogen) atoms. The maximum atomic E-state index is 9.15. The van der Waals surface area contributed by atoms with E-state index < -0.39 is 0 Å². The summed E-state index contributed by atoms with van der Waals surface area (Å²) in [6.07, 6.45) is 4.60. The van der Waals surface area contributed by atoms with Gasteiger partial charge in [0.25, 0.3) is 0 Å². The van der Waals surface area contributed by atoms with Gasteiger partial charge < -0.3 is 4.42 Å². The minimum Gasteiger partial charge on any atom is -0.452 e. The fourth-order valence-electron chi connectivity index (χ4n) is 1.34. The van der Waals surface area contributed by atoms with Crippen molar-refractivity contribution < 1.29 is 4.42 Å². The normalized spacial score (nSPS) is 11.8. The van der Waals surface area contributed by atoms with Crippen LogP contribution in [0.2, 0.25) is 5.22 Å². The average molecular weight is 265 g/mol. The van der Waals surface area contributed by atoms with Gasteiger partial charge in [0.2, 0.25) is 5.22 Å². The van der Waals surface area contributed by atoms with Crippen molar-refractivity contribution in [1.29, 1.82) is 5.26 Å². The van der Waals surface area contributed by atoms with Crippen LogP contribution < -0.4 is 0 Å². The molecule has 2 aromatic rings. The molecule has 0 N–H and O–H groups in total. The van der Waals surface area contributed by atoms with Crippen LogP contribution in [0, 0.1) is 11.3 Å². The predicted molar refractivity (Wildman–Crippen MR) is 66.2 cm³/mol. The molecule has 2 heterocycles. The van der Waals surface area contributed by atoms with Crippen molar-refractivity contribution in [2.45, 2.75) is 0 Å². The fraction of sp³-hybridized carbons (Fsp3) is 0. The smallest absolute Gasteiger partial charge is 0.201 e. The first-order chi connectivity index (χ1) is 8.24. The number of aromatic nitrogens is 1. The third-order valence-electron chi connectivity index (χ3n) is 2.14. The standard InChI is InChI=1S/C12H6Cl2N2O/c13-11(9-3-5-17-12(9)14)10(6-15)8-2-1-4-16-7-8/h1-5,7H/b11-10-. The van der Waals surface area contributed by atoms with Crippen molar-refractivity contribution in [2.75, 3.05) is 0 Å². The summed E-state index contributed by atoms with van der Waals surface area (Å²) in [4.78, 5) is 3.94. The first kappa shape index (κ1) is 11.7. The Labute approximate surface area is 108 Å². The quantitative estimate of drug-likeness (QED) is 0.772. The molecule has 0 aliphatic carbocycles. The zero-order valence-electron chi connectivity index (χ0n) is 8.52. The molecule has 0 aromatic carbocycles. The Balaban J connectivity index is 2.57. The summed E-state index contributed by atoms with van der Waals surface area (Å²) in [6.45, 7) is 0. The topological polar surface area (TPSA) is 49.8 Å². The van der Waals surface area contributed by atoms with Crippen molar-refractivity contribution >= 4 is 33.8 Å². The predicted octanol–water partition coefficient (Wildman–Crippen LogP) is 3.96. The van der Waals surface area contributed by atoms with Crippen LogP contribution in [0.4, 0.5) is 0 Å². The van der Waals surface area contributed by atoms with Crippen LogP contribution in [0.1, 0.15) is 11.1 Å². The highest BCUT2D eigenvalue weighted by molar-refractivity contribution is 6.54. The van der Waals surface area contributed by atoms with Crippen LogP contribution in [0.15, 0.2) is 41.3 Å². The molecule has 0 saturated carbocycles. The first-order valence-electron chi connectivity index (χ1n) is 4.67. The lowest BCUT2D eigenvalue weighted by molar-refractivity contribution is 0.569. The van der Waals surface area contributed by atoms with Crippen LogP contribution in [-0.2, 0) is 0 Å². The monoisotopic (exact) mass is 264 g/mol. The summed E-state index contributed by atoms with van der Waals surface area (Å²) in [5.41, 5.74) is 1.44. The van der Waals surface area contributed by atoms with Crippen molar-refractivity contribution in [3.8, 4) is 6.07 Å². The largest absolute Gasteiger partial charge is 0.452 e. The number of furan rings is 1. The van der Waals surface area contributed by atoms with Crippen LogP contribution in [0.3, 0.4) is 0 Å². The molecule has 84 valence electrons. The first-order valence-corrected chi connectivity index (χ1v) is 5.43. The summed E-state index contributed by atoms with van der Waals surface area (Å²) in [5, 5.41) is 9.55. The molecule has 2 rings (SSSR count). The molecule has 0 radical (unpaired) electrons. The molecule has 5 heteroatoms. The van der Waals surface area contributed by atoms with Crippen molar-refractivity contribution in [3.05, 3.63) is 53.2 Å². The van der Waals surface area contributed by atoms with Gasteiger partial charge >= 0.3 is 0 Å². The van der Waals surface area contributed by atoms with E-state index in [0.29, 0.717) is 16.7 Å². The van der Waals surface area contributed by atoms with Crippen LogP contribution in [0.5, 0.6) is 0 Å². The second-order valence-corrected chi connectivity index (χ2v) is 3.87. The Hall–Kier alpha value is -1.76. The second kappa shape index (κ2) is 5.05.